The fourth-order valence-electron chi connectivity index (χ4n) is 1.93. The molecule has 1 aliphatic heterocycles. The first-order chi connectivity index (χ1) is 8.22. The molecule has 2 rings (SSSR count). The van der Waals surface area contributed by atoms with Crippen molar-refractivity contribution < 1.29 is 4.79 Å². The summed E-state index contributed by atoms with van der Waals surface area (Å²) in [5.74, 6) is 1.20. The standard InChI is InChI=1S/C12H18N2OS2/c1-9-8-10-11(15)14(5-3-2-4-13)6-7-16-12(10)17-9/h8H,2-7,13H2,1H3. The molecule has 3 nitrogen and oxygen atoms in total. The molecule has 2 N–H and O–H groups in total. The summed E-state index contributed by atoms with van der Waals surface area (Å²) in [5, 5.41) is 0. The third kappa shape index (κ3) is 3.03. The van der Waals surface area contributed by atoms with Crippen molar-refractivity contribution in [2.45, 2.75) is 24.0 Å². The number of thioether (sulfide) groups is 1. The summed E-state index contributed by atoms with van der Waals surface area (Å²) in [6, 6.07) is 2.02. The van der Waals surface area contributed by atoms with E-state index in [1.165, 1.54) is 9.09 Å². The van der Waals surface area contributed by atoms with Crippen LogP contribution in [0.15, 0.2) is 10.3 Å². The lowest BCUT2D eigenvalue weighted by Crippen LogP contribution is -2.32. The van der Waals surface area contributed by atoms with E-state index in [0.717, 1.165) is 37.2 Å². The number of aryl methyl sites for hydroxylation is 1. The summed E-state index contributed by atoms with van der Waals surface area (Å²) in [7, 11) is 0. The van der Waals surface area contributed by atoms with Crippen LogP contribution < -0.4 is 5.73 Å². The number of carbonyl (C=O) groups is 1. The fraction of sp³-hybridized carbons (Fsp3) is 0.583. The van der Waals surface area contributed by atoms with Crippen LogP contribution in [0, 0.1) is 6.92 Å². The van der Waals surface area contributed by atoms with Crippen LogP contribution in [-0.2, 0) is 0 Å². The van der Waals surface area contributed by atoms with Gasteiger partial charge in [-0.25, -0.2) is 0 Å². The van der Waals surface area contributed by atoms with Gasteiger partial charge in [0, 0.05) is 23.7 Å². The highest BCUT2D eigenvalue weighted by atomic mass is 32.2. The Bertz CT molecular complexity index is 403. The Morgan fingerprint density at radius 3 is 3.06 bits per heavy atom. The first kappa shape index (κ1) is 12.9. The van der Waals surface area contributed by atoms with Crippen LogP contribution in [0.3, 0.4) is 0 Å². The molecule has 0 aromatic carbocycles. The topological polar surface area (TPSA) is 46.3 Å². The maximum Gasteiger partial charge on any atom is 0.255 e. The molecule has 1 aromatic heterocycles. The molecule has 0 radical (unpaired) electrons. The predicted octanol–water partition coefficient (Wildman–Crippen LogP) is 2.34. The zero-order chi connectivity index (χ0) is 12.3. The second-order valence-corrected chi connectivity index (χ2v) is 6.81. The highest BCUT2D eigenvalue weighted by Crippen LogP contribution is 2.34. The van der Waals surface area contributed by atoms with Gasteiger partial charge in [-0.2, -0.15) is 0 Å². The zero-order valence-corrected chi connectivity index (χ0v) is 11.7. The van der Waals surface area contributed by atoms with E-state index in [9.17, 15) is 4.79 Å². The number of hydrogen-bond acceptors (Lipinski definition) is 4. The van der Waals surface area contributed by atoms with Gasteiger partial charge in [0.1, 0.15) is 0 Å². The lowest BCUT2D eigenvalue weighted by atomic mass is 10.2. The Labute approximate surface area is 110 Å². The van der Waals surface area contributed by atoms with Gasteiger partial charge in [0.25, 0.3) is 5.91 Å². The minimum atomic E-state index is 0.200. The third-order valence-corrected chi connectivity index (χ3v) is 5.13. The number of nitrogens with zero attached hydrogens (tertiary/aromatic N) is 1. The van der Waals surface area contributed by atoms with Crippen molar-refractivity contribution >= 4 is 29.0 Å². The molecule has 0 atom stereocenters. The smallest absolute Gasteiger partial charge is 0.255 e. The summed E-state index contributed by atoms with van der Waals surface area (Å²) in [6.45, 7) is 4.46. The summed E-state index contributed by atoms with van der Waals surface area (Å²) in [5.41, 5.74) is 6.39. The molecule has 94 valence electrons. The fourth-order valence-corrected chi connectivity index (χ4v) is 4.33. The van der Waals surface area contributed by atoms with E-state index in [0.29, 0.717) is 6.54 Å². The van der Waals surface area contributed by atoms with Crippen LogP contribution in [0.25, 0.3) is 0 Å². The van der Waals surface area contributed by atoms with Crippen molar-refractivity contribution in [1.29, 1.82) is 0 Å². The lowest BCUT2D eigenvalue weighted by Gasteiger charge is -2.19. The van der Waals surface area contributed by atoms with Gasteiger partial charge in [-0.15, -0.1) is 23.1 Å². The van der Waals surface area contributed by atoms with Crippen molar-refractivity contribution in [3.05, 3.63) is 16.5 Å². The summed E-state index contributed by atoms with van der Waals surface area (Å²) >= 11 is 3.54. The first-order valence-electron chi connectivity index (χ1n) is 5.95. The molecular weight excluding hydrogens is 252 g/mol. The zero-order valence-electron chi connectivity index (χ0n) is 10.1. The molecule has 17 heavy (non-hydrogen) atoms. The Morgan fingerprint density at radius 1 is 1.47 bits per heavy atom. The minimum Gasteiger partial charge on any atom is -0.338 e. The largest absolute Gasteiger partial charge is 0.338 e. The molecule has 5 heteroatoms. The van der Waals surface area contributed by atoms with Crippen LogP contribution in [0.5, 0.6) is 0 Å². The molecule has 1 amide bonds. The van der Waals surface area contributed by atoms with Gasteiger partial charge in [-0.05, 0) is 32.4 Å². The molecule has 0 bridgehead atoms. The molecule has 1 aliphatic rings. The number of fused-ring (bicyclic) bond motifs is 1. The third-order valence-electron chi connectivity index (χ3n) is 2.82. The molecular formula is C12H18N2OS2. The Kier molecular flexibility index (Phi) is 4.48. The van der Waals surface area contributed by atoms with Crippen LogP contribution in [-0.4, -0.2) is 36.2 Å². The van der Waals surface area contributed by atoms with Gasteiger partial charge in [0.15, 0.2) is 0 Å². The summed E-state index contributed by atoms with van der Waals surface area (Å²) in [4.78, 5) is 15.5. The van der Waals surface area contributed by atoms with Gasteiger partial charge in [0.2, 0.25) is 0 Å². The quantitative estimate of drug-likeness (QED) is 0.854. The van der Waals surface area contributed by atoms with Gasteiger partial charge < -0.3 is 10.6 Å². The number of rotatable bonds is 4. The van der Waals surface area contributed by atoms with E-state index in [2.05, 4.69) is 6.92 Å². The lowest BCUT2D eigenvalue weighted by molar-refractivity contribution is 0.0763. The number of hydrogen-bond donors (Lipinski definition) is 1. The van der Waals surface area contributed by atoms with E-state index in [1.807, 2.05) is 22.7 Å². The number of thiophene rings is 1. The number of unbranched alkanes of at least 4 members (excludes halogenated alkanes) is 1. The Morgan fingerprint density at radius 2 is 2.29 bits per heavy atom. The average molecular weight is 270 g/mol. The van der Waals surface area contributed by atoms with Gasteiger partial charge in [0.05, 0.1) is 9.77 Å². The van der Waals surface area contributed by atoms with Crippen LogP contribution >= 0.6 is 23.1 Å². The molecule has 0 unspecified atom stereocenters. The second-order valence-electron chi connectivity index (χ2n) is 4.19. The van der Waals surface area contributed by atoms with Gasteiger partial charge in [-0.3, -0.25) is 4.79 Å². The SMILES string of the molecule is Cc1cc2c(s1)SCCN(CCCCN)C2=O. The summed E-state index contributed by atoms with van der Waals surface area (Å²) < 4.78 is 1.19. The van der Waals surface area contributed by atoms with E-state index in [1.54, 1.807) is 11.3 Å². The molecule has 1 aromatic rings. The van der Waals surface area contributed by atoms with E-state index in [-0.39, 0.29) is 5.91 Å². The van der Waals surface area contributed by atoms with Crippen molar-refractivity contribution in [2.75, 3.05) is 25.4 Å². The van der Waals surface area contributed by atoms with E-state index in [4.69, 9.17) is 5.73 Å². The molecule has 0 saturated carbocycles. The monoisotopic (exact) mass is 270 g/mol. The number of nitrogens with two attached hydrogens (primary N) is 1. The van der Waals surface area contributed by atoms with Crippen molar-refractivity contribution in [1.82, 2.24) is 4.90 Å². The number of carbonyl (C=O) groups excluding carboxylic acids is 1. The van der Waals surface area contributed by atoms with Crippen LogP contribution in [0.1, 0.15) is 28.1 Å². The Balaban J connectivity index is 2.08. The number of amides is 1. The van der Waals surface area contributed by atoms with E-state index < -0.39 is 0 Å². The molecule has 0 aliphatic carbocycles. The highest BCUT2D eigenvalue weighted by molar-refractivity contribution is 8.01. The normalized spacial score (nSPS) is 15.9. The molecule has 2 heterocycles. The van der Waals surface area contributed by atoms with Gasteiger partial charge >= 0.3 is 0 Å². The molecule has 0 spiro atoms. The van der Waals surface area contributed by atoms with Crippen molar-refractivity contribution in [3.63, 3.8) is 0 Å². The van der Waals surface area contributed by atoms with E-state index >= 15 is 0 Å². The average Bonchev–Trinajstić information content (AvgIpc) is 2.61. The van der Waals surface area contributed by atoms with Gasteiger partial charge in [-0.1, -0.05) is 0 Å². The van der Waals surface area contributed by atoms with Crippen molar-refractivity contribution in [2.24, 2.45) is 5.73 Å². The van der Waals surface area contributed by atoms with Crippen LogP contribution in [0.2, 0.25) is 0 Å². The molecule has 0 fully saturated rings. The second kappa shape index (κ2) is 5.89. The predicted molar refractivity (Wildman–Crippen MR) is 74.0 cm³/mol. The molecule has 0 saturated heterocycles. The van der Waals surface area contributed by atoms with Crippen molar-refractivity contribution in [3.8, 4) is 0 Å². The Hall–Kier alpha value is -0.520. The highest BCUT2D eigenvalue weighted by Gasteiger charge is 2.24. The maximum absolute atomic E-state index is 12.3. The van der Waals surface area contributed by atoms with Crippen LogP contribution in [0.4, 0.5) is 0 Å². The first-order valence-corrected chi connectivity index (χ1v) is 7.75. The maximum atomic E-state index is 12.3. The summed E-state index contributed by atoms with van der Waals surface area (Å²) in [6.07, 6.45) is 2.00. The minimum absolute atomic E-state index is 0.200.